The molecule has 0 saturated carbocycles. The van der Waals surface area contributed by atoms with Crippen LogP contribution in [0.4, 0.5) is 17.1 Å². The van der Waals surface area contributed by atoms with E-state index >= 15 is 0 Å². The minimum absolute atomic E-state index is 0.191. The van der Waals surface area contributed by atoms with Gasteiger partial charge < -0.3 is 4.90 Å². The van der Waals surface area contributed by atoms with Gasteiger partial charge in [0.15, 0.2) is 0 Å². The second-order valence-corrected chi connectivity index (χ2v) is 13.4. The molecule has 2 aliphatic carbocycles. The lowest BCUT2D eigenvalue weighted by Gasteiger charge is -2.39. The van der Waals surface area contributed by atoms with Crippen LogP contribution >= 0.6 is 0 Å². The first-order valence-corrected chi connectivity index (χ1v) is 17.0. The summed E-state index contributed by atoms with van der Waals surface area (Å²) in [6.45, 7) is 11.9. The van der Waals surface area contributed by atoms with E-state index in [1.807, 2.05) is 0 Å². The molecular formula is C43H43N. The normalized spacial score (nSPS) is 18.2. The summed E-state index contributed by atoms with van der Waals surface area (Å²) in [5, 5.41) is 5.53. The van der Waals surface area contributed by atoms with Gasteiger partial charge >= 0.3 is 0 Å². The van der Waals surface area contributed by atoms with E-state index in [1.54, 1.807) is 16.7 Å². The Morgan fingerprint density at radius 1 is 0.682 bits per heavy atom. The van der Waals surface area contributed by atoms with Gasteiger partial charge in [-0.3, -0.25) is 0 Å². The average molecular weight is 574 g/mol. The summed E-state index contributed by atoms with van der Waals surface area (Å²) in [7, 11) is 0. The Morgan fingerprint density at radius 2 is 1.41 bits per heavy atom. The summed E-state index contributed by atoms with van der Waals surface area (Å²) in [6, 6.07) is 32.2. The number of anilines is 3. The lowest BCUT2D eigenvalue weighted by Crippen LogP contribution is -2.29. The van der Waals surface area contributed by atoms with Crippen molar-refractivity contribution < 1.29 is 0 Å². The SMILES string of the molecule is CCC(CC)C1=CC2(CC(C(CC)CC)=C1)c1ccc3cccc4c3c1-c1c(cc3cccc(C)c3c12)N4c1ccccc1. The van der Waals surface area contributed by atoms with Crippen LogP contribution in [0, 0.1) is 18.8 Å². The van der Waals surface area contributed by atoms with Crippen LogP contribution in [-0.4, -0.2) is 0 Å². The zero-order chi connectivity index (χ0) is 30.2. The standard InChI is InChI=1S/C43H43N/c1-6-28(7-2)32-23-33(29(8-3)9-4)26-43(25-32)35-22-21-30-16-14-20-36-39(30)40(35)41-37(44(36)34-18-11-10-12-19-34)24-31-17-13-15-27(5)38(31)42(41)43/h10-25,28-29H,6-9,26H2,1-5H3. The van der Waals surface area contributed by atoms with Gasteiger partial charge in [0.05, 0.1) is 11.4 Å². The lowest BCUT2D eigenvalue weighted by atomic mass is 9.64. The van der Waals surface area contributed by atoms with Crippen molar-refractivity contribution in [3.63, 3.8) is 0 Å². The zero-order valence-corrected chi connectivity index (χ0v) is 26.9. The van der Waals surface area contributed by atoms with Crippen LogP contribution in [0.5, 0.6) is 0 Å². The second kappa shape index (κ2) is 10.2. The molecule has 1 heteroatoms. The molecule has 1 nitrogen and oxygen atoms in total. The van der Waals surface area contributed by atoms with Crippen molar-refractivity contribution in [2.75, 3.05) is 4.90 Å². The number of aryl methyl sites for hydroxylation is 1. The molecule has 0 aromatic heterocycles. The Hall–Kier alpha value is -4.10. The van der Waals surface area contributed by atoms with E-state index in [1.165, 1.54) is 86.5 Å². The highest BCUT2D eigenvalue weighted by Crippen LogP contribution is 2.66. The molecule has 0 fully saturated rings. The topological polar surface area (TPSA) is 3.24 Å². The quantitative estimate of drug-likeness (QED) is 0.184. The van der Waals surface area contributed by atoms with Gasteiger partial charge in [-0.2, -0.15) is 0 Å². The molecule has 44 heavy (non-hydrogen) atoms. The Labute approximate surface area is 262 Å². The molecule has 1 aliphatic heterocycles. The Kier molecular flexibility index (Phi) is 6.38. The number of allylic oxidation sites excluding steroid dienone is 4. The highest BCUT2D eigenvalue weighted by Gasteiger charge is 2.49. The van der Waals surface area contributed by atoms with Crippen molar-refractivity contribution in [1.82, 2.24) is 0 Å². The summed E-state index contributed by atoms with van der Waals surface area (Å²) in [4.78, 5) is 2.55. The van der Waals surface area contributed by atoms with Crippen molar-refractivity contribution in [1.29, 1.82) is 0 Å². The predicted molar refractivity (Wildman–Crippen MR) is 190 cm³/mol. The van der Waals surface area contributed by atoms with Gasteiger partial charge in [-0.1, -0.05) is 106 Å². The van der Waals surface area contributed by atoms with Crippen LogP contribution in [0.25, 0.3) is 32.7 Å². The first kappa shape index (κ1) is 27.4. The molecule has 5 aromatic rings. The van der Waals surface area contributed by atoms with Crippen molar-refractivity contribution >= 4 is 38.6 Å². The molecule has 3 aliphatic rings. The van der Waals surface area contributed by atoms with Crippen molar-refractivity contribution in [2.45, 2.75) is 72.1 Å². The number of benzene rings is 5. The van der Waals surface area contributed by atoms with Gasteiger partial charge in [-0.15, -0.1) is 0 Å². The number of hydrogen-bond donors (Lipinski definition) is 0. The minimum Gasteiger partial charge on any atom is -0.309 e. The van der Waals surface area contributed by atoms with E-state index < -0.39 is 0 Å². The Bertz CT molecular complexity index is 2000. The lowest BCUT2D eigenvalue weighted by molar-refractivity contribution is 0.491. The first-order valence-electron chi connectivity index (χ1n) is 17.0. The molecule has 8 rings (SSSR count). The number of hydrogen-bond acceptors (Lipinski definition) is 1. The molecule has 0 radical (unpaired) electrons. The molecule has 0 saturated heterocycles. The van der Waals surface area contributed by atoms with Crippen LogP contribution in [0.3, 0.4) is 0 Å². The Balaban J connectivity index is 1.57. The zero-order valence-electron chi connectivity index (χ0n) is 26.9. The van der Waals surface area contributed by atoms with Crippen LogP contribution < -0.4 is 4.90 Å². The van der Waals surface area contributed by atoms with E-state index in [0.29, 0.717) is 11.8 Å². The van der Waals surface area contributed by atoms with Crippen molar-refractivity contribution in [3.05, 3.63) is 125 Å². The van der Waals surface area contributed by atoms with Gasteiger partial charge in [0.1, 0.15) is 0 Å². The summed E-state index contributed by atoms with van der Waals surface area (Å²) < 4.78 is 0. The molecule has 1 spiro atoms. The van der Waals surface area contributed by atoms with Gasteiger partial charge in [0, 0.05) is 22.1 Å². The molecule has 0 N–H and O–H groups in total. The number of fused-ring (bicyclic) bond motifs is 4. The smallest absolute Gasteiger partial charge is 0.0550 e. The average Bonchev–Trinajstić information content (AvgIpc) is 3.32. The monoisotopic (exact) mass is 573 g/mol. The third-order valence-electron chi connectivity index (χ3n) is 11.3. The molecule has 0 amide bonds. The van der Waals surface area contributed by atoms with Crippen molar-refractivity contribution in [2.24, 2.45) is 11.8 Å². The van der Waals surface area contributed by atoms with E-state index in [9.17, 15) is 0 Å². The fraction of sp³-hybridized carbons (Fsp3) is 0.302. The molecule has 5 aromatic carbocycles. The number of nitrogens with zero attached hydrogens (tertiary/aromatic N) is 1. The maximum absolute atomic E-state index is 2.75. The third-order valence-corrected chi connectivity index (χ3v) is 11.3. The minimum atomic E-state index is -0.191. The molecule has 0 bridgehead atoms. The first-order chi connectivity index (χ1) is 21.5. The predicted octanol–water partition coefficient (Wildman–Crippen LogP) is 12.5. The maximum atomic E-state index is 2.75. The summed E-state index contributed by atoms with van der Waals surface area (Å²) >= 11 is 0. The van der Waals surface area contributed by atoms with Gasteiger partial charge in [-0.25, -0.2) is 0 Å². The fourth-order valence-electron chi connectivity index (χ4n) is 9.17. The molecular weight excluding hydrogens is 530 g/mol. The fourth-order valence-corrected chi connectivity index (χ4v) is 9.17. The van der Waals surface area contributed by atoms with Gasteiger partial charge in [0.25, 0.3) is 0 Å². The summed E-state index contributed by atoms with van der Waals surface area (Å²) in [5.74, 6) is 1.18. The second-order valence-electron chi connectivity index (χ2n) is 13.4. The maximum Gasteiger partial charge on any atom is 0.0550 e. The van der Waals surface area contributed by atoms with Crippen molar-refractivity contribution in [3.8, 4) is 11.1 Å². The van der Waals surface area contributed by atoms with Crippen LogP contribution in [0.2, 0.25) is 0 Å². The van der Waals surface area contributed by atoms with Crippen LogP contribution in [-0.2, 0) is 5.41 Å². The highest BCUT2D eigenvalue weighted by molar-refractivity contribution is 6.20. The Morgan fingerprint density at radius 3 is 2.16 bits per heavy atom. The van der Waals surface area contributed by atoms with Crippen LogP contribution in [0.1, 0.15) is 76.5 Å². The van der Waals surface area contributed by atoms with Gasteiger partial charge in [-0.05, 0) is 119 Å². The number of rotatable bonds is 7. The largest absolute Gasteiger partial charge is 0.309 e. The molecule has 1 heterocycles. The van der Waals surface area contributed by atoms with E-state index in [2.05, 4.69) is 137 Å². The molecule has 1 unspecified atom stereocenters. The summed E-state index contributed by atoms with van der Waals surface area (Å²) in [6.07, 6.45) is 11.2. The summed E-state index contributed by atoms with van der Waals surface area (Å²) in [5.41, 5.74) is 14.2. The highest BCUT2D eigenvalue weighted by atomic mass is 15.2. The van der Waals surface area contributed by atoms with E-state index in [0.717, 1.165) is 6.42 Å². The van der Waals surface area contributed by atoms with E-state index in [-0.39, 0.29) is 5.41 Å². The van der Waals surface area contributed by atoms with E-state index in [4.69, 9.17) is 0 Å². The van der Waals surface area contributed by atoms with Crippen LogP contribution in [0.15, 0.2) is 108 Å². The van der Waals surface area contributed by atoms with Gasteiger partial charge in [0.2, 0.25) is 0 Å². The molecule has 1 atom stereocenters. The third kappa shape index (κ3) is 3.65. The number of para-hydroxylation sites is 1. The molecule has 220 valence electrons.